The smallest absolute Gasteiger partial charge is 0.416 e. The van der Waals surface area contributed by atoms with Gasteiger partial charge in [0.15, 0.2) is 0 Å². The topological polar surface area (TPSA) is 57.2 Å². The first kappa shape index (κ1) is 14.4. The van der Waals surface area contributed by atoms with Gasteiger partial charge in [-0.2, -0.15) is 13.2 Å². The fourth-order valence-electron chi connectivity index (χ4n) is 1.63. The zero-order chi connectivity index (χ0) is 14.8. The summed E-state index contributed by atoms with van der Waals surface area (Å²) in [6.07, 6.45) is -4.45. The van der Waals surface area contributed by atoms with E-state index in [2.05, 4.69) is 5.32 Å². The van der Waals surface area contributed by atoms with Crippen molar-refractivity contribution in [1.82, 2.24) is 0 Å². The fraction of sp³-hybridized carbons (Fsp3) is 0.154. The molecule has 0 saturated heterocycles. The van der Waals surface area contributed by atoms with Crippen LogP contribution in [0.4, 0.5) is 18.9 Å². The molecule has 0 fully saturated rings. The molecule has 0 spiro atoms. The van der Waals surface area contributed by atoms with Crippen LogP contribution in [0.1, 0.15) is 16.5 Å². The molecule has 0 saturated carbocycles. The minimum atomic E-state index is -4.45. The van der Waals surface area contributed by atoms with Crippen molar-refractivity contribution in [2.45, 2.75) is 12.2 Å². The van der Waals surface area contributed by atoms with Crippen LogP contribution in [0, 0.1) is 0 Å². The van der Waals surface area contributed by atoms with E-state index in [1.165, 1.54) is 23.5 Å². The maximum atomic E-state index is 12.6. The summed E-state index contributed by atoms with van der Waals surface area (Å²) >= 11 is 1.27. The van der Waals surface area contributed by atoms with Crippen LogP contribution in [0.2, 0.25) is 0 Å². The summed E-state index contributed by atoms with van der Waals surface area (Å²) in [5.74, 6) is -0.704. The third-order valence-corrected chi connectivity index (χ3v) is 3.46. The van der Waals surface area contributed by atoms with Crippen LogP contribution < -0.4 is 5.73 Å². The predicted octanol–water partition coefficient (Wildman–Crippen LogP) is 4.00. The lowest BCUT2D eigenvalue weighted by Crippen LogP contribution is -2.19. The van der Waals surface area contributed by atoms with Crippen molar-refractivity contribution in [3.05, 3.63) is 57.5 Å². The molecular formula is C13H10F3N2OS-. The Morgan fingerprint density at radius 3 is 2.55 bits per heavy atom. The largest absolute Gasteiger partial charge is 0.670 e. The van der Waals surface area contributed by atoms with Crippen molar-refractivity contribution in [2.75, 3.05) is 0 Å². The molecule has 0 aliphatic carbocycles. The molecule has 2 rings (SSSR count). The van der Waals surface area contributed by atoms with E-state index < -0.39 is 23.7 Å². The Hall–Kier alpha value is -2.02. The molecular weight excluding hydrogens is 289 g/mol. The van der Waals surface area contributed by atoms with E-state index >= 15 is 0 Å². The van der Waals surface area contributed by atoms with E-state index in [0.717, 1.165) is 12.1 Å². The molecule has 1 atom stereocenters. The minimum Gasteiger partial charge on any atom is -0.670 e. The van der Waals surface area contributed by atoms with Gasteiger partial charge in [0.05, 0.1) is 5.56 Å². The Morgan fingerprint density at radius 2 is 2.00 bits per heavy atom. The molecule has 106 valence electrons. The SMILES string of the molecule is NC(=O)C([N-]c1cccc(C(F)(F)F)c1)c1cccs1. The van der Waals surface area contributed by atoms with Gasteiger partial charge in [0.2, 0.25) is 5.91 Å². The van der Waals surface area contributed by atoms with E-state index in [1.54, 1.807) is 17.5 Å². The Bertz CT molecular complexity index is 596. The fourth-order valence-corrected chi connectivity index (χ4v) is 2.40. The highest BCUT2D eigenvalue weighted by molar-refractivity contribution is 7.10. The lowest BCUT2D eigenvalue weighted by molar-refractivity contribution is -0.137. The number of alkyl halides is 3. The first-order valence-corrected chi connectivity index (χ1v) is 6.47. The van der Waals surface area contributed by atoms with Crippen LogP contribution in [0.25, 0.3) is 5.32 Å². The summed E-state index contributed by atoms with van der Waals surface area (Å²) < 4.78 is 37.8. The Morgan fingerprint density at radius 1 is 1.25 bits per heavy atom. The summed E-state index contributed by atoms with van der Waals surface area (Å²) in [6, 6.07) is 6.90. The Labute approximate surface area is 117 Å². The number of hydrogen-bond donors (Lipinski definition) is 1. The average molecular weight is 299 g/mol. The maximum Gasteiger partial charge on any atom is 0.416 e. The average Bonchev–Trinajstić information content (AvgIpc) is 2.88. The molecule has 0 aliphatic rings. The second-order valence-electron chi connectivity index (χ2n) is 4.00. The van der Waals surface area contributed by atoms with E-state index in [-0.39, 0.29) is 5.69 Å². The summed E-state index contributed by atoms with van der Waals surface area (Å²) in [5.41, 5.74) is 4.51. The molecule has 1 heterocycles. The summed E-state index contributed by atoms with van der Waals surface area (Å²) in [5, 5.41) is 5.75. The molecule has 1 amide bonds. The van der Waals surface area contributed by atoms with Crippen LogP contribution in [0.3, 0.4) is 0 Å². The first-order valence-electron chi connectivity index (χ1n) is 5.59. The lowest BCUT2D eigenvalue weighted by Gasteiger charge is -2.30. The normalized spacial score (nSPS) is 12.9. The van der Waals surface area contributed by atoms with E-state index in [4.69, 9.17) is 5.73 Å². The monoisotopic (exact) mass is 299 g/mol. The number of carbonyl (C=O) groups is 1. The van der Waals surface area contributed by atoms with Crippen LogP contribution in [-0.4, -0.2) is 5.91 Å². The number of amides is 1. The van der Waals surface area contributed by atoms with Gasteiger partial charge in [0, 0.05) is 0 Å². The van der Waals surface area contributed by atoms with Crippen molar-refractivity contribution < 1.29 is 18.0 Å². The van der Waals surface area contributed by atoms with Gasteiger partial charge in [-0.05, 0) is 22.4 Å². The highest BCUT2D eigenvalue weighted by Gasteiger charge is 2.29. The molecule has 2 N–H and O–H groups in total. The molecule has 1 aromatic heterocycles. The van der Waals surface area contributed by atoms with Gasteiger partial charge in [0.1, 0.15) is 0 Å². The first-order chi connectivity index (χ1) is 9.38. The Balaban J connectivity index is 2.26. The van der Waals surface area contributed by atoms with Gasteiger partial charge < -0.3 is 11.1 Å². The molecule has 1 aromatic carbocycles. The highest BCUT2D eigenvalue weighted by atomic mass is 32.1. The summed E-state index contributed by atoms with van der Waals surface area (Å²) in [6.45, 7) is 0. The molecule has 7 heteroatoms. The van der Waals surface area contributed by atoms with Gasteiger partial charge >= 0.3 is 6.18 Å². The summed E-state index contributed by atoms with van der Waals surface area (Å²) in [4.78, 5) is 12.0. The number of halogens is 3. The van der Waals surface area contributed by atoms with Gasteiger partial charge in [-0.15, -0.1) is 17.0 Å². The van der Waals surface area contributed by atoms with Crippen molar-refractivity contribution in [3.8, 4) is 0 Å². The quantitative estimate of drug-likeness (QED) is 0.911. The number of thiophene rings is 1. The van der Waals surface area contributed by atoms with Gasteiger partial charge in [-0.1, -0.05) is 30.3 Å². The number of rotatable bonds is 4. The molecule has 0 radical (unpaired) electrons. The third-order valence-electron chi connectivity index (χ3n) is 2.53. The number of carbonyl (C=O) groups excluding carboxylic acids is 1. The molecule has 3 nitrogen and oxygen atoms in total. The molecule has 1 unspecified atom stereocenters. The van der Waals surface area contributed by atoms with E-state index in [1.807, 2.05) is 0 Å². The third kappa shape index (κ3) is 3.30. The van der Waals surface area contributed by atoms with Gasteiger partial charge in [-0.25, -0.2) is 0 Å². The number of benzene rings is 1. The van der Waals surface area contributed by atoms with Gasteiger partial charge in [-0.3, -0.25) is 4.79 Å². The van der Waals surface area contributed by atoms with Crippen LogP contribution >= 0.6 is 11.3 Å². The molecule has 0 bridgehead atoms. The summed E-state index contributed by atoms with van der Waals surface area (Å²) in [7, 11) is 0. The lowest BCUT2D eigenvalue weighted by atomic mass is 10.1. The standard InChI is InChI=1S/C13H10F3N2OS/c14-13(15,16)8-3-1-4-9(7-8)18-11(12(17)19)10-5-2-6-20-10/h1-7,11H,(H2,17,19)/q-1. The van der Waals surface area contributed by atoms with Crippen LogP contribution in [0.15, 0.2) is 41.8 Å². The maximum absolute atomic E-state index is 12.6. The van der Waals surface area contributed by atoms with Crippen molar-refractivity contribution >= 4 is 22.9 Å². The van der Waals surface area contributed by atoms with E-state index in [9.17, 15) is 18.0 Å². The second kappa shape index (κ2) is 5.54. The van der Waals surface area contributed by atoms with Crippen molar-refractivity contribution in [3.63, 3.8) is 0 Å². The number of nitrogens with zero attached hydrogens (tertiary/aromatic N) is 1. The number of primary amides is 1. The Kier molecular flexibility index (Phi) is 3.99. The predicted molar refractivity (Wildman–Crippen MR) is 70.7 cm³/mol. The molecule has 0 aliphatic heterocycles. The van der Waals surface area contributed by atoms with Gasteiger partial charge in [0.25, 0.3) is 0 Å². The molecule has 20 heavy (non-hydrogen) atoms. The highest BCUT2D eigenvalue weighted by Crippen LogP contribution is 2.37. The zero-order valence-corrected chi connectivity index (χ0v) is 10.9. The minimum absolute atomic E-state index is 0.0667. The number of nitrogens with two attached hydrogens (primary N) is 1. The molecule has 2 aromatic rings. The zero-order valence-electron chi connectivity index (χ0n) is 10.1. The van der Waals surface area contributed by atoms with Crippen LogP contribution in [0.5, 0.6) is 0 Å². The second-order valence-corrected chi connectivity index (χ2v) is 4.98. The number of hydrogen-bond acceptors (Lipinski definition) is 2. The van der Waals surface area contributed by atoms with Crippen LogP contribution in [-0.2, 0) is 11.0 Å². The van der Waals surface area contributed by atoms with Crippen molar-refractivity contribution in [1.29, 1.82) is 0 Å². The van der Waals surface area contributed by atoms with E-state index in [0.29, 0.717) is 4.88 Å². The van der Waals surface area contributed by atoms with Crippen molar-refractivity contribution in [2.24, 2.45) is 5.73 Å².